The van der Waals surface area contributed by atoms with Crippen LogP contribution in [0, 0.1) is 5.82 Å². The third-order valence-electron chi connectivity index (χ3n) is 1.70. The first-order valence-electron chi connectivity index (χ1n) is 5.68. The van der Waals surface area contributed by atoms with Gasteiger partial charge in [0.25, 0.3) is 0 Å². The van der Waals surface area contributed by atoms with Gasteiger partial charge in [-0.3, -0.25) is 4.79 Å². The number of carboxylic acids is 1. The third kappa shape index (κ3) is 10.7. The predicted molar refractivity (Wildman–Crippen MR) is 69.4 cm³/mol. The number of carbonyl (C=O) groups is 2. The molecule has 0 fully saturated rings. The molecule has 0 aliphatic heterocycles. The van der Waals surface area contributed by atoms with E-state index in [1.165, 1.54) is 12.1 Å². The molecule has 0 atom stereocenters. The van der Waals surface area contributed by atoms with Gasteiger partial charge in [0.1, 0.15) is 5.82 Å². The zero-order valence-corrected chi connectivity index (χ0v) is 11.1. The lowest BCUT2D eigenvalue weighted by atomic mass is 10.3. The van der Waals surface area contributed by atoms with Crippen LogP contribution in [-0.4, -0.2) is 29.7 Å². The van der Waals surface area contributed by atoms with E-state index in [0.717, 1.165) is 12.6 Å². The zero-order chi connectivity index (χ0) is 14.8. The van der Waals surface area contributed by atoms with Crippen LogP contribution in [0.5, 0.6) is 0 Å². The average Bonchev–Trinajstić information content (AvgIpc) is 2.30. The molecule has 0 unspecified atom stereocenters. The first-order valence-corrected chi connectivity index (χ1v) is 5.68. The Morgan fingerprint density at radius 1 is 1.32 bits per heavy atom. The molecule has 1 aromatic carbocycles. The van der Waals surface area contributed by atoms with Crippen LogP contribution >= 0.6 is 0 Å². The first-order chi connectivity index (χ1) is 8.81. The van der Waals surface area contributed by atoms with E-state index in [4.69, 9.17) is 5.11 Å². The number of carboxylic acid groups (broad SMARTS) is 1. The number of rotatable bonds is 4. The van der Waals surface area contributed by atoms with Crippen molar-refractivity contribution in [1.82, 2.24) is 0 Å². The van der Waals surface area contributed by atoms with Crippen LogP contribution in [0.1, 0.15) is 20.8 Å². The van der Waals surface area contributed by atoms with Crippen LogP contribution in [0.15, 0.2) is 24.3 Å². The Hall–Kier alpha value is -2.11. The van der Waals surface area contributed by atoms with Crippen LogP contribution in [0.3, 0.4) is 0 Å². The van der Waals surface area contributed by atoms with Crippen molar-refractivity contribution >= 4 is 17.6 Å². The van der Waals surface area contributed by atoms with E-state index in [1.54, 1.807) is 12.1 Å². The van der Waals surface area contributed by atoms with E-state index in [9.17, 15) is 14.0 Å². The maximum atomic E-state index is 12.4. The number of ether oxygens (including phenoxy) is 1. The molecule has 0 saturated heterocycles. The molecule has 0 spiro atoms. The molecule has 0 amide bonds. The maximum Gasteiger partial charge on any atom is 0.341 e. The van der Waals surface area contributed by atoms with Gasteiger partial charge in [0.05, 0.1) is 0 Å². The molecular formula is C13H18FNO4. The van der Waals surface area contributed by atoms with Crippen molar-refractivity contribution in [2.75, 3.05) is 11.9 Å². The molecule has 2 N–H and O–H groups in total. The van der Waals surface area contributed by atoms with E-state index in [2.05, 4.69) is 10.1 Å². The second-order valence-corrected chi connectivity index (χ2v) is 3.98. The predicted octanol–water partition coefficient (Wildman–Crippen LogP) is 2.28. The fourth-order valence-corrected chi connectivity index (χ4v) is 1.04. The van der Waals surface area contributed by atoms with Crippen molar-refractivity contribution in [2.24, 2.45) is 0 Å². The summed E-state index contributed by atoms with van der Waals surface area (Å²) in [6.45, 7) is 4.70. The van der Waals surface area contributed by atoms with E-state index in [1.807, 2.05) is 13.8 Å². The van der Waals surface area contributed by atoms with Crippen LogP contribution < -0.4 is 5.32 Å². The molecule has 0 aliphatic rings. The minimum absolute atomic E-state index is 0.195. The number of esters is 1. The molecule has 0 aliphatic carbocycles. The number of anilines is 1. The van der Waals surface area contributed by atoms with Crippen molar-refractivity contribution in [3.8, 4) is 0 Å². The summed E-state index contributed by atoms with van der Waals surface area (Å²) in [5.74, 6) is -1.91. The van der Waals surface area contributed by atoms with Crippen LogP contribution in [0.25, 0.3) is 0 Å². The smallest absolute Gasteiger partial charge is 0.341 e. The standard InChI is InChI=1S/C9H12FN.C4H6O4/c1-7(2)11-9-5-3-8(10)4-6-9;1-3(5)8-2-4(6)7/h3-7,11H,1-2H3;2H2,1H3,(H,6,7). The highest BCUT2D eigenvalue weighted by Crippen LogP contribution is 2.08. The number of nitrogens with one attached hydrogen (secondary N) is 1. The van der Waals surface area contributed by atoms with Gasteiger partial charge < -0.3 is 15.2 Å². The fourth-order valence-electron chi connectivity index (χ4n) is 1.04. The first kappa shape index (κ1) is 16.9. The number of halogens is 1. The lowest BCUT2D eigenvalue weighted by Crippen LogP contribution is -2.09. The topological polar surface area (TPSA) is 75.6 Å². The Labute approximate surface area is 111 Å². The Bertz CT molecular complexity index is 390. The average molecular weight is 271 g/mol. The van der Waals surface area contributed by atoms with E-state index < -0.39 is 18.5 Å². The normalized spacial score (nSPS) is 9.32. The van der Waals surface area contributed by atoms with Gasteiger partial charge in [-0.05, 0) is 38.1 Å². The third-order valence-corrected chi connectivity index (χ3v) is 1.70. The minimum Gasteiger partial charge on any atom is -0.479 e. The molecule has 0 bridgehead atoms. The second kappa shape index (κ2) is 8.91. The van der Waals surface area contributed by atoms with Crippen LogP contribution in [0.4, 0.5) is 10.1 Å². The summed E-state index contributed by atoms with van der Waals surface area (Å²) in [5.41, 5.74) is 0.960. The number of aliphatic carboxylic acids is 1. The Balaban J connectivity index is 0.000000362. The molecule has 0 heterocycles. The molecule has 0 saturated carbocycles. The fraction of sp³-hybridized carbons (Fsp3) is 0.385. The quantitative estimate of drug-likeness (QED) is 0.822. The molecule has 6 heteroatoms. The van der Waals surface area contributed by atoms with Crippen molar-refractivity contribution in [3.05, 3.63) is 30.1 Å². The summed E-state index contributed by atoms with van der Waals surface area (Å²) in [5, 5.41) is 11.1. The van der Waals surface area contributed by atoms with Gasteiger partial charge in [0, 0.05) is 18.7 Å². The van der Waals surface area contributed by atoms with Crippen LogP contribution in [-0.2, 0) is 14.3 Å². The molecule has 1 rings (SSSR count). The lowest BCUT2D eigenvalue weighted by molar-refractivity contribution is -0.153. The Morgan fingerprint density at radius 3 is 2.16 bits per heavy atom. The molecule has 1 aromatic rings. The highest BCUT2D eigenvalue weighted by Gasteiger charge is 1.97. The summed E-state index contributed by atoms with van der Waals surface area (Å²) < 4.78 is 16.5. The van der Waals surface area contributed by atoms with Gasteiger partial charge in [-0.25, -0.2) is 9.18 Å². The van der Waals surface area contributed by atoms with Gasteiger partial charge >= 0.3 is 11.9 Å². The SMILES string of the molecule is CC(=O)OCC(=O)O.CC(C)Nc1ccc(F)cc1. The second-order valence-electron chi connectivity index (χ2n) is 3.98. The molecule has 5 nitrogen and oxygen atoms in total. The summed E-state index contributed by atoms with van der Waals surface area (Å²) in [6, 6.07) is 6.75. The van der Waals surface area contributed by atoms with E-state index in [0.29, 0.717) is 6.04 Å². The van der Waals surface area contributed by atoms with Gasteiger partial charge in [-0.2, -0.15) is 0 Å². The molecule has 106 valence electrons. The lowest BCUT2D eigenvalue weighted by Gasteiger charge is -2.08. The minimum atomic E-state index is -1.14. The summed E-state index contributed by atoms with van der Waals surface area (Å²) in [4.78, 5) is 19.5. The van der Waals surface area contributed by atoms with E-state index >= 15 is 0 Å². The van der Waals surface area contributed by atoms with E-state index in [-0.39, 0.29) is 5.82 Å². The number of hydrogen-bond donors (Lipinski definition) is 2. The molecular weight excluding hydrogens is 253 g/mol. The summed E-state index contributed by atoms with van der Waals surface area (Å²) in [6.07, 6.45) is 0. The molecule has 0 radical (unpaired) electrons. The highest BCUT2D eigenvalue weighted by molar-refractivity contribution is 5.73. The van der Waals surface area contributed by atoms with Crippen molar-refractivity contribution in [3.63, 3.8) is 0 Å². The summed E-state index contributed by atoms with van der Waals surface area (Å²) in [7, 11) is 0. The van der Waals surface area contributed by atoms with Gasteiger partial charge in [0.2, 0.25) is 0 Å². The molecule has 0 aromatic heterocycles. The Morgan fingerprint density at radius 2 is 1.84 bits per heavy atom. The number of carbonyl (C=O) groups excluding carboxylic acids is 1. The van der Waals surface area contributed by atoms with Gasteiger partial charge in [-0.15, -0.1) is 0 Å². The van der Waals surface area contributed by atoms with Gasteiger partial charge in [-0.1, -0.05) is 0 Å². The Kier molecular flexibility index (Phi) is 7.92. The van der Waals surface area contributed by atoms with Crippen LogP contribution in [0.2, 0.25) is 0 Å². The van der Waals surface area contributed by atoms with Crippen molar-refractivity contribution < 1.29 is 23.8 Å². The van der Waals surface area contributed by atoms with Crippen molar-refractivity contribution in [2.45, 2.75) is 26.8 Å². The monoisotopic (exact) mass is 271 g/mol. The molecule has 19 heavy (non-hydrogen) atoms. The number of benzene rings is 1. The zero-order valence-electron chi connectivity index (χ0n) is 11.1. The van der Waals surface area contributed by atoms with Crippen molar-refractivity contribution in [1.29, 1.82) is 0 Å². The highest BCUT2D eigenvalue weighted by atomic mass is 19.1. The largest absolute Gasteiger partial charge is 0.479 e. The maximum absolute atomic E-state index is 12.4. The number of hydrogen-bond acceptors (Lipinski definition) is 4. The summed E-state index contributed by atoms with van der Waals surface area (Å²) >= 11 is 0. The van der Waals surface area contributed by atoms with Gasteiger partial charge in [0.15, 0.2) is 6.61 Å².